The molecule has 0 spiro atoms. The summed E-state index contributed by atoms with van der Waals surface area (Å²) in [5.41, 5.74) is 1.54. The van der Waals surface area contributed by atoms with Crippen LogP contribution in [-0.4, -0.2) is 29.1 Å². The standard InChI is InChI=1S/C22H25N3O5/c1-24-22(27)20(30-14-18-11-7-4-8-12-18)19(21(26)23-15-28-2)25(24)16-29-13-17-9-5-3-6-10-17/h3-12H,13-16H2,1-2H3,(H,23,26). The van der Waals surface area contributed by atoms with Crippen molar-refractivity contribution in [1.29, 1.82) is 0 Å². The zero-order valence-electron chi connectivity index (χ0n) is 17.0. The van der Waals surface area contributed by atoms with Crippen molar-refractivity contribution in [3.8, 4) is 5.75 Å². The first kappa shape index (κ1) is 21.4. The van der Waals surface area contributed by atoms with Gasteiger partial charge >= 0.3 is 5.56 Å². The summed E-state index contributed by atoms with van der Waals surface area (Å²) in [6.45, 7) is 0.512. The predicted octanol–water partition coefficient (Wildman–Crippen LogP) is 2.27. The third kappa shape index (κ3) is 5.16. The van der Waals surface area contributed by atoms with Crippen LogP contribution in [0.2, 0.25) is 0 Å². The van der Waals surface area contributed by atoms with Crippen LogP contribution in [0, 0.1) is 0 Å². The fourth-order valence-corrected chi connectivity index (χ4v) is 2.90. The molecule has 0 aliphatic carbocycles. The summed E-state index contributed by atoms with van der Waals surface area (Å²) in [7, 11) is 3.03. The van der Waals surface area contributed by atoms with Gasteiger partial charge in [-0.15, -0.1) is 0 Å². The minimum atomic E-state index is -0.485. The molecule has 8 nitrogen and oxygen atoms in total. The number of ether oxygens (including phenoxy) is 3. The smallest absolute Gasteiger partial charge is 0.309 e. The topological polar surface area (TPSA) is 83.7 Å². The van der Waals surface area contributed by atoms with E-state index in [4.69, 9.17) is 14.2 Å². The Kier molecular flexibility index (Phi) is 7.42. The van der Waals surface area contributed by atoms with E-state index in [-0.39, 0.29) is 31.5 Å². The van der Waals surface area contributed by atoms with Crippen LogP contribution in [0.3, 0.4) is 0 Å². The number of rotatable bonds is 10. The zero-order valence-corrected chi connectivity index (χ0v) is 17.0. The maximum atomic E-state index is 12.8. The highest BCUT2D eigenvalue weighted by atomic mass is 16.5. The summed E-state index contributed by atoms with van der Waals surface area (Å²) in [6, 6.07) is 19.1. The van der Waals surface area contributed by atoms with Gasteiger partial charge in [-0.3, -0.25) is 9.59 Å². The van der Waals surface area contributed by atoms with Crippen molar-refractivity contribution >= 4 is 5.91 Å². The van der Waals surface area contributed by atoms with Crippen molar-refractivity contribution in [2.24, 2.45) is 7.05 Å². The summed E-state index contributed by atoms with van der Waals surface area (Å²) < 4.78 is 19.2. The highest BCUT2D eigenvalue weighted by Gasteiger charge is 2.25. The second kappa shape index (κ2) is 10.4. The molecule has 1 aromatic heterocycles. The van der Waals surface area contributed by atoms with Crippen molar-refractivity contribution in [2.45, 2.75) is 19.9 Å². The van der Waals surface area contributed by atoms with Crippen LogP contribution in [-0.2, 0) is 36.5 Å². The molecule has 3 rings (SSSR count). The van der Waals surface area contributed by atoms with Crippen LogP contribution in [0.15, 0.2) is 65.5 Å². The number of carbonyl (C=O) groups excluding carboxylic acids is 1. The molecule has 158 valence electrons. The number of hydrogen-bond acceptors (Lipinski definition) is 5. The number of amides is 1. The molecule has 0 aliphatic rings. The molecule has 0 aliphatic heterocycles. The van der Waals surface area contributed by atoms with E-state index in [0.29, 0.717) is 6.61 Å². The average Bonchev–Trinajstić information content (AvgIpc) is 3.02. The Balaban J connectivity index is 1.84. The summed E-state index contributed by atoms with van der Waals surface area (Å²) in [4.78, 5) is 25.5. The molecule has 8 heteroatoms. The van der Waals surface area contributed by atoms with Gasteiger partial charge in [-0.2, -0.15) is 0 Å². The van der Waals surface area contributed by atoms with Crippen LogP contribution in [0.25, 0.3) is 0 Å². The normalized spacial score (nSPS) is 10.7. The highest BCUT2D eigenvalue weighted by molar-refractivity contribution is 5.95. The van der Waals surface area contributed by atoms with Gasteiger partial charge in [0.25, 0.3) is 5.91 Å². The minimum Gasteiger partial charge on any atom is -0.481 e. The molecule has 0 saturated heterocycles. The lowest BCUT2D eigenvalue weighted by molar-refractivity contribution is 0.0447. The lowest BCUT2D eigenvalue weighted by Crippen LogP contribution is -2.29. The SMILES string of the molecule is COCNC(=O)c1c(OCc2ccccc2)c(=O)n(C)n1COCc1ccccc1. The zero-order chi connectivity index (χ0) is 21.3. The average molecular weight is 411 g/mol. The number of nitrogens with zero attached hydrogens (tertiary/aromatic N) is 2. The largest absolute Gasteiger partial charge is 0.481 e. The van der Waals surface area contributed by atoms with E-state index in [1.165, 1.54) is 16.5 Å². The van der Waals surface area contributed by atoms with E-state index in [2.05, 4.69) is 5.32 Å². The Morgan fingerprint density at radius 2 is 1.57 bits per heavy atom. The van der Waals surface area contributed by atoms with Crippen molar-refractivity contribution in [3.63, 3.8) is 0 Å². The Morgan fingerprint density at radius 1 is 0.967 bits per heavy atom. The molecule has 0 atom stereocenters. The molecule has 0 saturated carbocycles. The molecule has 3 aromatic rings. The van der Waals surface area contributed by atoms with E-state index in [1.807, 2.05) is 60.7 Å². The Bertz CT molecular complexity index is 1010. The fraction of sp³-hybridized carbons (Fsp3) is 0.273. The second-order valence-corrected chi connectivity index (χ2v) is 6.58. The van der Waals surface area contributed by atoms with Crippen LogP contribution in [0.5, 0.6) is 5.75 Å². The molecular weight excluding hydrogens is 386 g/mol. The van der Waals surface area contributed by atoms with Gasteiger partial charge in [-0.05, 0) is 11.1 Å². The van der Waals surface area contributed by atoms with Crippen molar-refractivity contribution < 1.29 is 19.0 Å². The van der Waals surface area contributed by atoms with Gasteiger partial charge in [0.05, 0.1) is 6.61 Å². The third-order valence-electron chi connectivity index (χ3n) is 4.47. The molecule has 30 heavy (non-hydrogen) atoms. The molecule has 0 fully saturated rings. The van der Waals surface area contributed by atoms with E-state index in [9.17, 15) is 9.59 Å². The van der Waals surface area contributed by atoms with Crippen LogP contribution >= 0.6 is 0 Å². The first-order valence-electron chi connectivity index (χ1n) is 9.47. The molecule has 2 aromatic carbocycles. The Labute approximate surface area is 174 Å². The number of nitrogens with one attached hydrogen (secondary N) is 1. The lowest BCUT2D eigenvalue weighted by atomic mass is 10.2. The fourth-order valence-electron chi connectivity index (χ4n) is 2.90. The maximum Gasteiger partial charge on any atom is 0.309 e. The lowest BCUT2D eigenvalue weighted by Gasteiger charge is -2.13. The van der Waals surface area contributed by atoms with Gasteiger partial charge in [0.15, 0.2) is 5.69 Å². The Hall–Kier alpha value is -3.36. The van der Waals surface area contributed by atoms with Crippen LogP contribution in [0.4, 0.5) is 0 Å². The monoisotopic (exact) mass is 411 g/mol. The number of hydrogen-bond donors (Lipinski definition) is 1. The number of aromatic nitrogens is 2. The quantitative estimate of drug-likeness (QED) is 0.518. The molecule has 1 N–H and O–H groups in total. The minimum absolute atomic E-state index is 0.00488. The first-order valence-corrected chi connectivity index (χ1v) is 9.47. The van der Waals surface area contributed by atoms with Gasteiger partial charge in [-0.25, -0.2) is 9.36 Å². The van der Waals surface area contributed by atoms with Gasteiger partial charge < -0.3 is 19.5 Å². The molecule has 0 radical (unpaired) electrons. The predicted molar refractivity (Wildman–Crippen MR) is 111 cm³/mol. The summed E-state index contributed by atoms with van der Waals surface area (Å²) in [5.74, 6) is -0.515. The first-order chi connectivity index (χ1) is 14.6. The van der Waals surface area contributed by atoms with Crippen LogP contribution < -0.4 is 15.6 Å². The molecule has 1 amide bonds. The van der Waals surface area contributed by atoms with E-state index >= 15 is 0 Å². The number of methoxy groups -OCH3 is 1. The van der Waals surface area contributed by atoms with Gasteiger partial charge in [0, 0.05) is 14.2 Å². The Morgan fingerprint density at radius 3 is 2.17 bits per heavy atom. The molecule has 0 bridgehead atoms. The molecule has 0 unspecified atom stereocenters. The molecule has 1 heterocycles. The number of benzene rings is 2. The van der Waals surface area contributed by atoms with E-state index in [0.717, 1.165) is 11.1 Å². The summed E-state index contributed by atoms with van der Waals surface area (Å²) >= 11 is 0. The van der Waals surface area contributed by atoms with Crippen LogP contribution in [0.1, 0.15) is 21.6 Å². The van der Waals surface area contributed by atoms with E-state index in [1.54, 1.807) is 7.05 Å². The third-order valence-corrected chi connectivity index (χ3v) is 4.47. The van der Waals surface area contributed by atoms with Gasteiger partial charge in [0.2, 0.25) is 5.75 Å². The second-order valence-electron chi connectivity index (χ2n) is 6.58. The van der Waals surface area contributed by atoms with Gasteiger partial charge in [0.1, 0.15) is 20.1 Å². The number of carbonyl (C=O) groups is 1. The molecular formula is C22H25N3O5. The maximum absolute atomic E-state index is 12.8. The van der Waals surface area contributed by atoms with Crippen molar-refractivity contribution in [1.82, 2.24) is 14.7 Å². The summed E-state index contributed by atoms with van der Waals surface area (Å²) in [6.07, 6.45) is 0. The highest BCUT2D eigenvalue weighted by Crippen LogP contribution is 2.17. The summed E-state index contributed by atoms with van der Waals surface area (Å²) in [5, 5.41) is 2.61. The van der Waals surface area contributed by atoms with Gasteiger partial charge in [-0.1, -0.05) is 60.7 Å². The van der Waals surface area contributed by atoms with E-state index < -0.39 is 11.5 Å². The van der Waals surface area contributed by atoms with Crippen molar-refractivity contribution in [2.75, 3.05) is 13.8 Å². The van der Waals surface area contributed by atoms with Crippen molar-refractivity contribution in [3.05, 3.63) is 87.8 Å².